The number of carboxylic acids is 2. The maximum atomic E-state index is 14.1. The summed E-state index contributed by atoms with van der Waals surface area (Å²) in [5.41, 5.74) is 3.15. The largest absolute Gasteiger partial charge is 0.489 e. The minimum Gasteiger partial charge on any atom is -0.489 e. The molecule has 2 aliphatic rings. The fourth-order valence-electron chi connectivity index (χ4n) is 6.63. The summed E-state index contributed by atoms with van der Waals surface area (Å²) in [6.07, 6.45) is -4.56. The van der Waals surface area contributed by atoms with Crippen molar-refractivity contribution in [2.45, 2.75) is 64.8 Å². The molecule has 3 heterocycles. The first-order valence-corrected chi connectivity index (χ1v) is 17.6. The van der Waals surface area contributed by atoms with E-state index >= 15 is 0 Å². The topological polar surface area (TPSA) is 231 Å². The number of aliphatic carboxylic acids is 2. The SMILES string of the molecule is CC1=C2C(=O)OC(C)(C)COc3cc(C#N)ccc3[C@H]2c2c(c(C)c(Cc3ccc(C(=O)O[C@@H](C(=O)O)[C@@H](OC(=O)c4ccc(C)cc4)C(=O)O)cc3)[nH]c2=O)N1. The summed E-state index contributed by atoms with van der Waals surface area (Å²) in [5.74, 6) is -7.19. The number of nitriles is 1. The van der Waals surface area contributed by atoms with Crippen LogP contribution in [0.15, 0.2) is 82.8 Å². The Labute approximate surface area is 325 Å². The number of nitrogens with one attached hydrogen (secondary N) is 2. The highest BCUT2D eigenvalue weighted by Gasteiger charge is 2.42. The van der Waals surface area contributed by atoms with Crippen LogP contribution < -0.4 is 15.6 Å². The third-order valence-corrected chi connectivity index (χ3v) is 9.61. The van der Waals surface area contributed by atoms with Crippen molar-refractivity contribution in [3.05, 3.63) is 139 Å². The van der Waals surface area contributed by atoms with Gasteiger partial charge in [-0.05, 0) is 82.1 Å². The summed E-state index contributed by atoms with van der Waals surface area (Å²) >= 11 is 0. The van der Waals surface area contributed by atoms with Gasteiger partial charge in [0.25, 0.3) is 5.56 Å². The molecule has 292 valence electrons. The fraction of sp³-hybridized carbons (Fsp3) is 0.262. The number of aromatic nitrogens is 1. The van der Waals surface area contributed by atoms with Crippen molar-refractivity contribution in [2.75, 3.05) is 11.9 Å². The van der Waals surface area contributed by atoms with E-state index in [1.54, 1.807) is 77.1 Å². The summed E-state index contributed by atoms with van der Waals surface area (Å²) in [6, 6.07) is 18.6. The second kappa shape index (κ2) is 15.5. The number of carbonyl (C=O) groups is 5. The number of hydrogen-bond donors (Lipinski definition) is 4. The molecule has 0 spiro atoms. The van der Waals surface area contributed by atoms with E-state index in [0.717, 1.165) is 5.56 Å². The molecule has 15 nitrogen and oxygen atoms in total. The first kappa shape index (κ1) is 39.5. The Kier molecular flexibility index (Phi) is 10.7. The number of hydrogen-bond acceptors (Lipinski definition) is 12. The lowest BCUT2D eigenvalue weighted by molar-refractivity contribution is -0.166. The molecular formula is C42H37N3O12. The molecule has 1 aromatic heterocycles. The lowest BCUT2D eigenvalue weighted by Gasteiger charge is -2.32. The number of carboxylic acid groups (broad SMARTS) is 2. The quantitative estimate of drug-likeness (QED) is 0.131. The van der Waals surface area contributed by atoms with Gasteiger partial charge in [-0.2, -0.15) is 5.26 Å². The Morgan fingerprint density at radius 2 is 1.47 bits per heavy atom. The normalized spacial score (nSPS) is 16.5. The minimum atomic E-state index is -2.37. The van der Waals surface area contributed by atoms with Gasteiger partial charge < -0.3 is 39.5 Å². The molecule has 0 radical (unpaired) electrons. The van der Waals surface area contributed by atoms with E-state index in [9.17, 15) is 44.2 Å². The monoisotopic (exact) mass is 775 g/mol. The second-order valence-electron chi connectivity index (χ2n) is 14.3. The Bertz CT molecular complexity index is 2460. The van der Waals surface area contributed by atoms with Crippen molar-refractivity contribution < 1.29 is 53.1 Å². The number of H-pyrrole nitrogens is 1. The molecular weight excluding hydrogens is 738 g/mol. The molecule has 3 atom stereocenters. The number of rotatable bonds is 9. The lowest BCUT2D eigenvalue weighted by atomic mass is 9.79. The number of fused-ring (bicyclic) bond motifs is 5. The molecule has 4 aromatic rings. The van der Waals surface area contributed by atoms with Crippen LogP contribution in [0, 0.1) is 25.2 Å². The maximum Gasteiger partial charge on any atom is 0.349 e. The van der Waals surface area contributed by atoms with Crippen LogP contribution in [0.25, 0.3) is 0 Å². The van der Waals surface area contributed by atoms with E-state index in [0.29, 0.717) is 45.1 Å². The van der Waals surface area contributed by atoms with E-state index < -0.39 is 59.1 Å². The molecule has 0 amide bonds. The molecule has 15 heteroatoms. The van der Waals surface area contributed by atoms with Crippen molar-refractivity contribution in [1.82, 2.24) is 4.98 Å². The van der Waals surface area contributed by atoms with Gasteiger partial charge in [0.1, 0.15) is 18.0 Å². The summed E-state index contributed by atoms with van der Waals surface area (Å²) in [6.45, 7) is 8.68. The standard InChI is InChI=1S/C42H37N3O12/c1-20-6-11-25(12-7-20)39(51)55-34(37(47)48)35(38(49)50)56-40(52)26-13-8-23(9-14-26)16-28-21(2)33-32(36(46)45-28)31-27-15-10-24(18-43)17-29(27)54-19-42(4,5)57-41(53)30(31)22(3)44-33/h6-15,17,31,34-35,44H,16,19H2,1-5H3,(H,45,46)(H,47,48)(H,49,50)/t31-,34-,35-/m1/s1. The van der Waals surface area contributed by atoms with Crippen molar-refractivity contribution in [3.8, 4) is 11.8 Å². The number of cyclic esters (lactones) is 1. The van der Waals surface area contributed by atoms with E-state index in [-0.39, 0.29) is 35.3 Å². The smallest absolute Gasteiger partial charge is 0.349 e. The van der Waals surface area contributed by atoms with Gasteiger partial charge in [-0.25, -0.2) is 24.0 Å². The Morgan fingerprint density at radius 1 is 0.895 bits per heavy atom. The first-order valence-electron chi connectivity index (χ1n) is 17.6. The molecule has 0 saturated carbocycles. The molecule has 0 fully saturated rings. The fourth-order valence-corrected chi connectivity index (χ4v) is 6.63. The van der Waals surface area contributed by atoms with Gasteiger partial charge in [0.05, 0.1) is 45.5 Å². The molecule has 0 unspecified atom stereocenters. The van der Waals surface area contributed by atoms with Crippen LogP contribution in [0.3, 0.4) is 0 Å². The summed E-state index contributed by atoms with van der Waals surface area (Å²) in [7, 11) is 0. The number of nitrogens with zero attached hydrogens (tertiary/aromatic N) is 1. The van der Waals surface area contributed by atoms with Crippen LogP contribution in [0.2, 0.25) is 0 Å². The van der Waals surface area contributed by atoms with Crippen LogP contribution in [-0.2, 0) is 35.0 Å². The molecule has 6 rings (SSSR count). The van der Waals surface area contributed by atoms with Gasteiger partial charge in [0, 0.05) is 23.4 Å². The third-order valence-electron chi connectivity index (χ3n) is 9.61. The number of aryl methyl sites for hydroxylation is 1. The van der Waals surface area contributed by atoms with Crippen molar-refractivity contribution in [3.63, 3.8) is 0 Å². The zero-order chi connectivity index (χ0) is 41.3. The van der Waals surface area contributed by atoms with Crippen LogP contribution >= 0.6 is 0 Å². The van der Waals surface area contributed by atoms with Gasteiger partial charge in [-0.1, -0.05) is 35.9 Å². The molecule has 4 N–H and O–H groups in total. The highest BCUT2D eigenvalue weighted by Crippen LogP contribution is 2.46. The summed E-state index contributed by atoms with van der Waals surface area (Å²) in [5, 5.41) is 32.3. The number of anilines is 1. The molecule has 2 aliphatic heterocycles. The van der Waals surface area contributed by atoms with E-state index in [1.165, 1.54) is 24.3 Å². The van der Waals surface area contributed by atoms with Crippen LogP contribution in [-0.4, -0.2) is 69.5 Å². The van der Waals surface area contributed by atoms with E-state index in [4.69, 9.17) is 18.9 Å². The Hall–Kier alpha value is -7.21. The third kappa shape index (κ3) is 8.11. The predicted molar refractivity (Wildman–Crippen MR) is 201 cm³/mol. The van der Waals surface area contributed by atoms with Gasteiger partial charge in [-0.3, -0.25) is 4.79 Å². The number of carbonyl (C=O) groups excluding carboxylic acids is 3. The lowest BCUT2D eigenvalue weighted by Crippen LogP contribution is -2.45. The zero-order valence-corrected chi connectivity index (χ0v) is 31.4. The molecule has 0 bridgehead atoms. The number of esters is 3. The van der Waals surface area contributed by atoms with Gasteiger partial charge in [-0.15, -0.1) is 0 Å². The van der Waals surface area contributed by atoms with Gasteiger partial charge >= 0.3 is 29.8 Å². The number of benzene rings is 3. The summed E-state index contributed by atoms with van der Waals surface area (Å²) < 4.78 is 22.0. The Morgan fingerprint density at radius 3 is 2.04 bits per heavy atom. The Balaban J connectivity index is 1.26. The number of pyridine rings is 1. The molecule has 0 saturated heterocycles. The van der Waals surface area contributed by atoms with Crippen LogP contribution in [0.1, 0.15) is 86.5 Å². The van der Waals surface area contributed by atoms with E-state index in [1.807, 2.05) is 0 Å². The van der Waals surface area contributed by atoms with Crippen molar-refractivity contribution in [1.29, 1.82) is 5.26 Å². The highest BCUT2D eigenvalue weighted by atomic mass is 16.6. The van der Waals surface area contributed by atoms with Gasteiger partial charge in [0.2, 0.25) is 12.2 Å². The maximum absolute atomic E-state index is 14.1. The second-order valence-corrected chi connectivity index (χ2v) is 14.3. The average molecular weight is 776 g/mol. The average Bonchev–Trinajstić information content (AvgIpc) is 3.20. The number of ether oxygens (including phenoxy) is 4. The first-order chi connectivity index (χ1) is 27.0. The number of aromatic amines is 1. The number of allylic oxidation sites excluding steroid dienone is 1. The van der Waals surface area contributed by atoms with E-state index in [2.05, 4.69) is 16.4 Å². The van der Waals surface area contributed by atoms with Crippen molar-refractivity contribution in [2.24, 2.45) is 0 Å². The predicted octanol–water partition coefficient (Wildman–Crippen LogP) is 4.92. The molecule has 0 aliphatic carbocycles. The molecule has 3 aromatic carbocycles. The van der Waals surface area contributed by atoms with Crippen LogP contribution in [0.4, 0.5) is 5.69 Å². The van der Waals surface area contributed by atoms with Crippen molar-refractivity contribution >= 4 is 35.5 Å². The van der Waals surface area contributed by atoms with Crippen LogP contribution in [0.5, 0.6) is 5.75 Å². The molecule has 57 heavy (non-hydrogen) atoms. The zero-order valence-electron chi connectivity index (χ0n) is 31.4. The minimum absolute atomic E-state index is 0.00224. The summed E-state index contributed by atoms with van der Waals surface area (Å²) in [4.78, 5) is 80.4. The van der Waals surface area contributed by atoms with Gasteiger partial charge in [0.15, 0.2) is 0 Å². The highest BCUT2D eigenvalue weighted by molar-refractivity contribution is 5.96.